The summed E-state index contributed by atoms with van der Waals surface area (Å²) < 4.78 is 0. The molecule has 18 aromatic carbocycles. The molecule has 0 saturated carbocycles. The molecule has 18 rings (SSSR count). The summed E-state index contributed by atoms with van der Waals surface area (Å²) in [5.74, 6) is 39.2. The van der Waals surface area contributed by atoms with Crippen molar-refractivity contribution in [2.24, 2.45) is 0 Å². The number of anilines is 12. The van der Waals surface area contributed by atoms with E-state index >= 15 is 0 Å². The second kappa shape index (κ2) is 57.0. The molecule has 18 aromatic rings. The summed E-state index contributed by atoms with van der Waals surface area (Å²) >= 11 is 0. The van der Waals surface area contributed by atoms with E-state index in [2.05, 4.69) is 536 Å². The molecule has 0 heterocycles. The summed E-state index contributed by atoms with van der Waals surface area (Å²) in [6, 6.07) is 142. The largest absolute Gasteiger partial charge is 0.330 e. The molecule has 0 fully saturated rings. The van der Waals surface area contributed by atoms with Crippen LogP contribution in [0.3, 0.4) is 0 Å². The minimum Gasteiger partial charge on any atom is -0.330 e. The highest BCUT2D eigenvalue weighted by Gasteiger charge is 2.20. The SMILES string of the molecule is CC.CC.CC.CC#CCN(c1cccc(N(CC#CC)c2ccc3ccccc3c2)c1)c1ccc2ccccc2c1.CC#CCN(c1cccc(N(CC#CC)c2ccc3ccccc3c2)c1)c1ccc2ccccc2c1.CC#CCN(c1cccc(N(CC#CC)c2ccc3ccccc3c2)c1)c1ccc2ccccc2c1.CC(C)c1cccc2ccccc12.CC(C)c1ccccc1.CCC. The van der Waals surface area contributed by atoms with Gasteiger partial charge in [0.05, 0.1) is 39.3 Å². The average Bonchev–Trinajstić information content (AvgIpc) is 0.813. The van der Waals surface area contributed by atoms with E-state index in [0.717, 1.165) is 68.2 Å². The van der Waals surface area contributed by atoms with E-state index in [9.17, 15) is 0 Å². The summed E-state index contributed by atoms with van der Waals surface area (Å²) in [6.45, 7) is 40.2. The van der Waals surface area contributed by atoms with Crippen LogP contribution in [0.25, 0.3) is 75.4 Å². The number of hydrogen-bond donors (Lipinski definition) is 0. The first-order chi connectivity index (χ1) is 68.3. The first kappa shape index (κ1) is 105. The van der Waals surface area contributed by atoms with Gasteiger partial charge < -0.3 is 29.4 Å². The fourth-order valence-corrected chi connectivity index (χ4v) is 16.1. The van der Waals surface area contributed by atoms with Crippen LogP contribution in [-0.4, -0.2) is 39.3 Å². The molecule has 0 bridgehead atoms. The summed E-state index contributed by atoms with van der Waals surface area (Å²) in [4.78, 5) is 13.6. The zero-order chi connectivity index (χ0) is 98.9. The zero-order valence-electron chi connectivity index (χ0n) is 84.9. The fraction of sp³-hybridized carbons (Fsp3) is 0.203. The Morgan fingerprint density at radius 3 is 0.561 bits per heavy atom. The van der Waals surface area contributed by atoms with E-state index in [-0.39, 0.29) is 0 Å². The Kier molecular flexibility index (Phi) is 43.0. The minimum atomic E-state index is 0.603. The third kappa shape index (κ3) is 29.7. The molecule has 6 nitrogen and oxygen atoms in total. The molecule has 0 atom stereocenters. The van der Waals surface area contributed by atoms with Gasteiger partial charge in [0.2, 0.25) is 0 Å². The lowest BCUT2D eigenvalue weighted by atomic mass is 9.96. The summed E-state index contributed by atoms with van der Waals surface area (Å²) in [7, 11) is 0. The molecule has 0 aromatic heterocycles. The quantitative estimate of drug-likeness (QED) is 0.0704. The van der Waals surface area contributed by atoms with Crippen LogP contribution in [0.5, 0.6) is 0 Å². The summed E-state index contributed by atoms with van der Waals surface area (Å²) in [6.07, 6.45) is 1.25. The molecular weight excluding hydrogens is 1680 g/mol. The summed E-state index contributed by atoms with van der Waals surface area (Å²) in [5, 5.41) is 17.4. The standard InChI is InChI=1S/3C34H28N2.C13H14.C9H12.C3H8.3C2H6/c3*1-3-5-22-35(33-20-18-27-12-7-9-14-29(27)24-33)31-16-11-17-32(26-31)36(23-6-4-2)34-21-19-28-13-8-10-15-30(28)25-34;1-10(2)12-9-5-7-11-6-3-4-8-13(11)12;1-8(2)9-6-4-3-5-7-9;1-3-2;3*1-2/h3*7-21,24-26H,22-23H2,1-2H3;3-10H,1-2H3;3-8H,1-2H3;3H2,1-2H3;3*1-2H3. The molecule has 0 radical (unpaired) electrons. The van der Waals surface area contributed by atoms with Crippen molar-refractivity contribution in [1.29, 1.82) is 0 Å². The van der Waals surface area contributed by atoms with Gasteiger partial charge in [0, 0.05) is 68.2 Å². The summed E-state index contributed by atoms with van der Waals surface area (Å²) in [5.41, 5.74) is 16.2. The Bertz CT molecular complexity index is 6390. The van der Waals surface area contributed by atoms with Crippen molar-refractivity contribution in [2.75, 3.05) is 68.7 Å². The minimum absolute atomic E-state index is 0.603. The van der Waals surface area contributed by atoms with Gasteiger partial charge in [-0.2, -0.15) is 0 Å². The lowest BCUT2D eigenvalue weighted by Crippen LogP contribution is -2.20. The molecule has 0 amide bonds. The van der Waals surface area contributed by atoms with Gasteiger partial charge in [-0.3, -0.25) is 0 Å². The van der Waals surface area contributed by atoms with Crippen molar-refractivity contribution in [1.82, 2.24) is 0 Å². The van der Waals surface area contributed by atoms with Crippen molar-refractivity contribution in [3.05, 3.63) is 412 Å². The maximum Gasteiger partial charge on any atom is 0.0843 e. The van der Waals surface area contributed by atoms with Crippen molar-refractivity contribution >= 4 is 144 Å². The van der Waals surface area contributed by atoms with Crippen LogP contribution >= 0.6 is 0 Å². The predicted molar refractivity (Wildman–Crippen MR) is 614 cm³/mol. The molecule has 0 aliphatic heterocycles. The Balaban J connectivity index is 0.000000186. The first-order valence-electron chi connectivity index (χ1n) is 49.1. The van der Waals surface area contributed by atoms with Gasteiger partial charge in [-0.15, -0.1) is 35.5 Å². The Labute approximate surface area is 832 Å². The molecule has 0 aliphatic rings. The van der Waals surface area contributed by atoms with Gasteiger partial charge in [0.25, 0.3) is 0 Å². The van der Waals surface area contributed by atoms with E-state index in [1.807, 2.05) is 89.2 Å². The molecule has 698 valence electrons. The molecule has 0 unspecified atom stereocenters. The highest BCUT2D eigenvalue weighted by Crippen LogP contribution is 2.40. The van der Waals surface area contributed by atoms with Crippen LogP contribution in [0, 0.1) is 71.0 Å². The van der Waals surface area contributed by atoms with Crippen LogP contribution < -0.4 is 29.4 Å². The Morgan fingerprint density at radius 1 is 0.180 bits per heavy atom. The topological polar surface area (TPSA) is 19.4 Å². The van der Waals surface area contributed by atoms with E-state index in [4.69, 9.17) is 0 Å². The molecule has 0 aliphatic carbocycles. The van der Waals surface area contributed by atoms with Crippen LogP contribution in [0.1, 0.15) is 154 Å². The highest BCUT2D eigenvalue weighted by molar-refractivity contribution is 5.94. The lowest BCUT2D eigenvalue weighted by Gasteiger charge is -2.27. The average molecular weight is 1820 g/mol. The smallest absolute Gasteiger partial charge is 0.0843 e. The predicted octanol–water partition coefficient (Wildman–Crippen LogP) is 36.2. The van der Waals surface area contributed by atoms with Gasteiger partial charge in [0.1, 0.15) is 0 Å². The van der Waals surface area contributed by atoms with E-state index < -0.39 is 0 Å². The van der Waals surface area contributed by atoms with Gasteiger partial charge >= 0.3 is 0 Å². The number of nitrogens with zero attached hydrogens (tertiary/aromatic N) is 6. The maximum atomic E-state index is 3.27. The molecule has 6 heteroatoms. The van der Waals surface area contributed by atoms with Gasteiger partial charge in [-0.25, -0.2) is 0 Å². The van der Waals surface area contributed by atoms with Gasteiger partial charge in [0.15, 0.2) is 0 Å². The van der Waals surface area contributed by atoms with Crippen molar-refractivity contribution < 1.29 is 0 Å². The Morgan fingerprint density at radius 2 is 0.360 bits per heavy atom. The monoisotopic (exact) mass is 1820 g/mol. The third-order valence-electron chi connectivity index (χ3n) is 23.0. The molecule has 139 heavy (non-hydrogen) atoms. The second-order valence-corrected chi connectivity index (χ2v) is 32.8. The van der Waals surface area contributed by atoms with Gasteiger partial charge in [-0.05, 0) is 267 Å². The molecule has 0 saturated heterocycles. The number of hydrogen-bond acceptors (Lipinski definition) is 6. The van der Waals surface area contributed by atoms with Crippen molar-refractivity contribution in [2.45, 2.75) is 143 Å². The lowest BCUT2D eigenvalue weighted by molar-refractivity contribution is 0.867. The number of rotatable bonds is 20. The highest BCUT2D eigenvalue weighted by atomic mass is 15.2. The first-order valence-corrected chi connectivity index (χ1v) is 49.1. The van der Waals surface area contributed by atoms with Gasteiger partial charge in [-0.1, -0.05) is 398 Å². The van der Waals surface area contributed by atoms with E-state index in [1.54, 1.807) is 0 Å². The van der Waals surface area contributed by atoms with Crippen molar-refractivity contribution in [3.63, 3.8) is 0 Å². The molecule has 0 spiro atoms. The fourth-order valence-electron chi connectivity index (χ4n) is 16.1. The molecular formula is C133H136N6. The normalized spacial score (nSPS) is 9.93. The third-order valence-corrected chi connectivity index (χ3v) is 23.0. The number of fused-ring (bicyclic) bond motifs is 7. The second-order valence-electron chi connectivity index (χ2n) is 32.8. The molecule has 0 N–H and O–H groups in total. The van der Waals surface area contributed by atoms with Crippen LogP contribution in [0.2, 0.25) is 0 Å². The Hall–Kier alpha value is -16.1. The van der Waals surface area contributed by atoms with E-state index in [1.165, 1.54) is 93.0 Å². The van der Waals surface area contributed by atoms with Crippen LogP contribution in [-0.2, 0) is 0 Å². The van der Waals surface area contributed by atoms with Crippen LogP contribution in [0.4, 0.5) is 68.2 Å². The van der Waals surface area contributed by atoms with Crippen LogP contribution in [0.15, 0.2) is 400 Å². The number of benzene rings is 18. The maximum absolute atomic E-state index is 3.27. The van der Waals surface area contributed by atoms with E-state index in [0.29, 0.717) is 51.1 Å². The zero-order valence-corrected chi connectivity index (χ0v) is 84.9. The van der Waals surface area contributed by atoms with Crippen molar-refractivity contribution in [3.8, 4) is 71.0 Å².